The maximum Gasteiger partial charge on any atom is 0.267 e. The average Bonchev–Trinajstić information content (AvgIpc) is 3.06. The van der Waals surface area contributed by atoms with Gasteiger partial charge >= 0.3 is 0 Å². The van der Waals surface area contributed by atoms with Gasteiger partial charge < -0.3 is 5.73 Å². The van der Waals surface area contributed by atoms with Gasteiger partial charge in [-0.3, -0.25) is 14.2 Å². The standard InChI is InChI=1S/C19H14N4O/c20-19(24)17-11-22-18-9-8-13(12-23(17)18)14-5-1-2-6-15(14)16-7-3-4-10-21-16/h1-12H,(H2,20,24). The second-order valence-electron chi connectivity index (χ2n) is 5.41. The van der Waals surface area contributed by atoms with Crippen LogP contribution in [0.25, 0.3) is 28.0 Å². The molecular weight excluding hydrogens is 300 g/mol. The summed E-state index contributed by atoms with van der Waals surface area (Å²) in [5.41, 5.74) is 10.4. The first-order valence-electron chi connectivity index (χ1n) is 7.52. The predicted molar refractivity (Wildman–Crippen MR) is 92.4 cm³/mol. The number of primary amides is 1. The monoisotopic (exact) mass is 314 g/mol. The van der Waals surface area contributed by atoms with Crippen LogP contribution in [0.4, 0.5) is 0 Å². The molecule has 5 heteroatoms. The van der Waals surface area contributed by atoms with E-state index in [1.165, 1.54) is 6.20 Å². The Morgan fingerprint density at radius 2 is 1.71 bits per heavy atom. The van der Waals surface area contributed by atoms with Crippen LogP contribution in [0.2, 0.25) is 0 Å². The normalized spacial score (nSPS) is 10.8. The largest absolute Gasteiger partial charge is 0.364 e. The molecule has 0 radical (unpaired) electrons. The van der Waals surface area contributed by atoms with E-state index in [1.54, 1.807) is 10.6 Å². The van der Waals surface area contributed by atoms with Crippen molar-refractivity contribution in [3.8, 4) is 22.4 Å². The van der Waals surface area contributed by atoms with Crippen LogP contribution < -0.4 is 5.73 Å². The van der Waals surface area contributed by atoms with Gasteiger partial charge in [0.05, 0.1) is 11.9 Å². The third kappa shape index (κ3) is 2.32. The average molecular weight is 314 g/mol. The third-order valence-corrected chi connectivity index (χ3v) is 3.94. The molecule has 3 heterocycles. The highest BCUT2D eigenvalue weighted by Gasteiger charge is 2.12. The van der Waals surface area contributed by atoms with Gasteiger partial charge in [0.25, 0.3) is 5.91 Å². The Kier molecular flexibility index (Phi) is 3.31. The first kappa shape index (κ1) is 14.1. The number of hydrogen-bond acceptors (Lipinski definition) is 3. The molecular formula is C19H14N4O. The van der Waals surface area contributed by atoms with Gasteiger partial charge in [-0.2, -0.15) is 0 Å². The van der Waals surface area contributed by atoms with Crippen LogP contribution in [0.15, 0.2) is 73.2 Å². The summed E-state index contributed by atoms with van der Waals surface area (Å²) in [5, 5.41) is 0. The smallest absolute Gasteiger partial charge is 0.267 e. The number of pyridine rings is 2. The molecule has 0 saturated heterocycles. The molecule has 1 aromatic carbocycles. The van der Waals surface area contributed by atoms with Crippen molar-refractivity contribution in [2.24, 2.45) is 5.73 Å². The fraction of sp³-hybridized carbons (Fsp3) is 0. The van der Waals surface area contributed by atoms with E-state index in [2.05, 4.69) is 9.97 Å². The minimum atomic E-state index is -0.502. The van der Waals surface area contributed by atoms with Crippen molar-refractivity contribution in [1.82, 2.24) is 14.4 Å². The molecule has 24 heavy (non-hydrogen) atoms. The van der Waals surface area contributed by atoms with Crippen molar-refractivity contribution < 1.29 is 4.79 Å². The lowest BCUT2D eigenvalue weighted by molar-refractivity contribution is 0.0995. The molecule has 0 fully saturated rings. The lowest BCUT2D eigenvalue weighted by Gasteiger charge is -2.10. The number of carbonyl (C=O) groups is 1. The summed E-state index contributed by atoms with van der Waals surface area (Å²) in [6, 6.07) is 17.7. The Bertz CT molecular complexity index is 1040. The van der Waals surface area contributed by atoms with Gasteiger partial charge in [0, 0.05) is 18.0 Å². The number of benzene rings is 1. The van der Waals surface area contributed by atoms with Crippen molar-refractivity contribution >= 4 is 11.6 Å². The lowest BCUT2D eigenvalue weighted by atomic mass is 9.98. The van der Waals surface area contributed by atoms with Gasteiger partial charge in [-0.15, -0.1) is 0 Å². The van der Waals surface area contributed by atoms with Gasteiger partial charge in [-0.1, -0.05) is 30.3 Å². The molecule has 0 spiro atoms. The van der Waals surface area contributed by atoms with E-state index in [4.69, 9.17) is 5.73 Å². The van der Waals surface area contributed by atoms with Crippen molar-refractivity contribution in [3.05, 3.63) is 78.9 Å². The highest BCUT2D eigenvalue weighted by molar-refractivity contribution is 5.92. The van der Waals surface area contributed by atoms with Gasteiger partial charge in [0.2, 0.25) is 0 Å². The van der Waals surface area contributed by atoms with Crippen LogP contribution in [-0.4, -0.2) is 20.3 Å². The highest BCUT2D eigenvalue weighted by atomic mass is 16.1. The molecule has 0 aliphatic carbocycles. The van der Waals surface area contributed by atoms with Gasteiger partial charge in [0.15, 0.2) is 0 Å². The molecule has 1 amide bonds. The molecule has 0 atom stereocenters. The molecule has 0 aliphatic rings. The molecule has 0 unspecified atom stereocenters. The Hall–Kier alpha value is -3.47. The molecule has 116 valence electrons. The van der Waals surface area contributed by atoms with E-state index in [1.807, 2.05) is 60.8 Å². The van der Waals surface area contributed by atoms with Crippen molar-refractivity contribution in [3.63, 3.8) is 0 Å². The molecule has 3 aromatic heterocycles. The number of carbonyl (C=O) groups excluding carboxylic acids is 1. The van der Waals surface area contributed by atoms with Crippen LogP contribution in [0, 0.1) is 0 Å². The van der Waals surface area contributed by atoms with E-state index in [0.29, 0.717) is 11.3 Å². The summed E-state index contributed by atoms with van der Waals surface area (Å²) in [6.07, 6.45) is 5.15. The molecule has 4 rings (SSSR count). The minimum Gasteiger partial charge on any atom is -0.364 e. The predicted octanol–water partition coefficient (Wildman–Crippen LogP) is 3.16. The van der Waals surface area contributed by atoms with Crippen LogP contribution in [0.3, 0.4) is 0 Å². The number of imidazole rings is 1. The van der Waals surface area contributed by atoms with Crippen LogP contribution >= 0.6 is 0 Å². The number of rotatable bonds is 3. The van der Waals surface area contributed by atoms with Crippen LogP contribution in [-0.2, 0) is 0 Å². The number of fused-ring (bicyclic) bond motifs is 1. The summed E-state index contributed by atoms with van der Waals surface area (Å²) in [7, 11) is 0. The Morgan fingerprint density at radius 1 is 0.917 bits per heavy atom. The molecule has 0 saturated carbocycles. The number of aromatic nitrogens is 3. The zero-order valence-electron chi connectivity index (χ0n) is 12.8. The summed E-state index contributed by atoms with van der Waals surface area (Å²) in [5.74, 6) is -0.502. The number of hydrogen-bond donors (Lipinski definition) is 1. The summed E-state index contributed by atoms with van der Waals surface area (Å²) < 4.78 is 1.72. The van der Waals surface area contributed by atoms with E-state index < -0.39 is 5.91 Å². The molecule has 2 N–H and O–H groups in total. The minimum absolute atomic E-state index is 0.363. The second-order valence-corrected chi connectivity index (χ2v) is 5.41. The highest BCUT2D eigenvalue weighted by Crippen LogP contribution is 2.31. The fourth-order valence-corrected chi connectivity index (χ4v) is 2.80. The van der Waals surface area contributed by atoms with E-state index >= 15 is 0 Å². The zero-order valence-corrected chi connectivity index (χ0v) is 12.8. The van der Waals surface area contributed by atoms with Crippen LogP contribution in [0.1, 0.15) is 10.5 Å². The van der Waals surface area contributed by atoms with E-state index in [-0.39, 0.29) is 0 Å². The summed E-state index contributed by atoms with van der Waals surface area (Å²) in [6.45, 7) is 0. The van der Waals surface area contributed by atoms with Crippen molar-refractivity contribution in [2.45, 2.75) is 0 Å². The molecule has 4 aromatic rings. The number of nitrogens with zero attached hydrogens (tertiary/aromatic N) is 3. The first-order chi connectivity index (χ1) is 11.7. The topological polar surface area (TPSA) is 73.3 Å². The quantitative estimate of drug-likeness (QED) is 0.631. The number of amides is 1. The summed E-state index contributed by atoms with van der Waals surface area (Å²) >= 11 is 0. The molecule has 0 aliphatic heterocycles. The van der Waals surface area contributed by atoms with Crippen molar-refractivity contribution in [2.75, 3.05) is 0 Å². The molecule has 5 nitrogen and oxygen atoms in total. The maximum absolute atomic E-state index is 11.6. The molecule has 0 bridgehead atoms. The van der Waals surface area contributed by atoms with Crippen LogP contribution in [0.5, 0.6) is 0 Å². The maximum atomic E-state index is 11.6. The Morgan fingerprint density at radius 3 is 2.46 bits per heavy atom. The third-order valence-electron chi connectivity index (χ3n) is 3.94. The SMILES string of the molecule is NC(=O)c1cnc2ccc(-c3ccccc3-c3ccccn3)cn12. The van der Waals surface area contributed by atoms with Gasteiger partial charge in [0.1, 0.15) is 11.3 Å². The van der Waals surface area contributed by atoms with E-state index in [0.717, 1.165) is 22.4 Å². The first-order valence-corrected chi connectivity index (χ1v) is 7.52. The van der Waals surface area contributed by atoms with Gasteiger partial charge in [-0.25, -0.2) is 4.98 Å². The van der Waals surface area contributed by atoms with Gasteiger partial charge in [-0.05, 0) is 35.4 Å². The second kappa shape index (κ2) is 5.62. The Labute approximate surface area is 138 Å². The van der Waals surface area contributed by atoms with E-state index in [9.17, 15) is 4.79 Å². The van der Waals surface area contributed by atoms with Crippen molar-refractivity contribution in [1.29, 1.82) is 0 Å². The zero-order chi connectivity index (χ0) is 16.5. The number of nitrogens with two attached hydrogens (primary N) is 1. The summed E-state index contributed by atoms with van der Waals surface area (Å²) in [4.78, 5) is 20.2. The lowest BCUT2D eigenvalue weighted by Crippen LogP contribution is -2.13. The Balaban J connectivity index is 1.92. The fourth-order valence-electron chi connectivity index (χ4n) is 2.80.